The Bertz CT molecular complexity index is 908. The number of carbonyl (C=O) groups excluding carboxylic acids is 5. The van der Waals surface area contributed by atoms with Gasteiger partial charge in [0.1, 0.15) is 13.2 Å². The molecule has 11 nitrogen and oxygen atoms in total. The Hall–Kier alpha value is -1.44. The van der Waals surface area contributed by atoms with Crippen LogP contribution in [0.1, 0.15) is 43.6 Å². The Morgan fingerprint density at radius 3 is 1.94 bits per heavy atom. The molecular weight excluding hydrogens is 781 g/mol. The second-order valence-electron chi connectivity index (χ2n) is 6.39. The topological polar surface area (TPSA) is 146 Å². The summed E-state index contributed by atoms with van der Waals surface area (Å²) in [7, 11) is 0. The van der Waals surface area contributed by atoms with Gasteiger partial charge in [-0.2, -0.15) is 0 Å². The quantitative estimate of drug-likeness (QED) is 0.157. The number of benzene rings is 1. The van der Waals surface area contributed by atoms with E-state index in [-0.39, 0.29) is 25.3 Å². The number of hydrogen-bond acceptors (Lipinski definition) is 10. The zero-order valence-electron chi connectivity index (χ0n) is 18.0. The average Bonchev–Trinajstić information content (AvgIpc) is 2.68. The first-order valence-corrected chi connectivity index (χ1v) is 12.4. The maximum atomic E-state index is 13.1. The molecule has 0 saturated heterocycles. The molecule has 2 N–H and O–H groups in total. The van der Waals surface area contributed by atoms with Crippen LogP contribution in [0.3, 0.4) is 0 Å². The summed E-state index contributed by atoms with van der Waals surface area (Å²) in [6.45, 7) is 4.41. The lowest BCUT2D eigenvalue weighted by Crippen LogP contribution is -2.38. The van der Waals surface area contributed by atoms with Gasteiger partial charge in [0.25, 0.3) is 5.91 Å². The number of esters is 3. The second-order valence-corrected chi connectivity index (χ2v) is 9.63. The van der Waals surface area contributed by atoms with Crippen LogP contribution in [0.25, 0.3) is 0 Å². The molecule has 0 aromatic heterocycles. The summed E-state index contributed by atoms with van der Waals surface area (Å²) in [6, 6.07) is 0. The molecule has 14 heteroatoms. The molecule has 0 heterocycles. The summed E-state index contributed by atoms with van der Waals surface area (Å²) < 4.78 is 16.6. The highest BCUT2D eigenvalue weighted by atomic mass is 127. The van der Waals surface area contributed by atoms with Crippen molar-refractivity contribution >= 4 is 103 Å². The molecule has 0 saturated carbocycles. The summed E-state index contributed by atoms with van der Waals surface area (Å²) in [5.74, 6) is -2.79. The van der Waals surface area contributed by atoms with E-state index in [0.717, 1.165) is 0 Å². The second kappa shape index (κ2) is 14.1. The van der Waals surface area contributed by atoms with Gasteiger partial charge >= 0.3 is 23.9 Å². The van der Waals surface area contributed by atoms with Crippen molar-refractivity contribution in [2.45, 2.75) is 40.4 Å². The van der Waals surface area contributed by atoms with E-state index in [4.69, 9.17) is 19.0 Å². The van der Waals surface area contributed by atoms with Crippen LogP contribution >= 0.6 is 67.8 Å². The van der Waals surface area contributed by atoms with Gasteiger partial charge in [0.05, 0.1) is 21.4 Å². The molecule has 1 atom stereocenters. The van der Waals surface area contributed by atoms with Gasteiger partial charge in [0, 0.05) is 40.4 Å². The van der Waals surface area contributed by atoms with Crippen LogP contribution < -0.4 is 10.8 Å². The fourth-order valence-electron chi connectivity index (χ4n) is 2.30. The van der Waals surface area contributed by atoms with Crippen molar-refractivity contribution in [2.75, 3.05) is 18.6 Å². The van der Waals surface area contributed by atoms with Crippen molar-refractivity contribution in [1.29, 1.82) is 0 Å². The number of ether oxygens (including phenoxy) is 3. The Kier molecular flexibility index (Phi) is 12.6. The number of halogens is 3. The van der Waals surface area contributed by atoms with Crippen LogP contribution in [0, 0.1) is 10.7 Å². The van der Waals surface area contributed by atoms with Gasteiger partial charge in [-0.1, -0.05) is 0 Å². The average molecular weight is 802 g/mol. The maximum Gasteiger partial charge on any atom is 0.329 e. The van der Waals surface area contributed by atoms with Gasteiger partial charge in [-0.05, 0) is 67.8 Å². The summed E-state index contributed by atoms with van der Waals surface area (Å²) in [5.41, 5.74) is 3.64. The molecule has 0 fully saturated rings. The van der Waals surface area contributed by atoms with Crippen molar-refractivity contribution < 1.29 is 43.0 Å². The van der Waals surface area contributed by atoms with Gasteiger partial charge < -0.3 is 24.4 Å². The number of anilines is 1. The Morgan fingerprint density at radius 2 is 1.42 bits per heavy atom. The minimum absolute atomic E-state index is 0.111. The lowest BCUT2D eigenvalue weighted by molar-refractivity contribution is -0.155. The first-order chi connectivity index (χ1) is 15.3. The molecule has 0 radical (unpaired) electrons. The largest absolute Gasteiger partial charge is 0.462 e. The van der Waals surface area contributed by atoms with Crippen LogP contribution in [0.2, 0.25) is 0 Å². The number of hydrogen-bond donors (Lipinski definition) is 2. The molecule has 0 aliphatic rings. The fourth-order valence-corrected chi connectivity index (χ4v) is 6.49. The van der Waals surface area contributed by atoms with Gasteiger partial charge in [0.2, 0.25) is 0 Å². The van der Waals surface area contributed by atoms with Gasteiger partial charge in [-0.15, -0.1) is 0 Å². The molecule has 0 spiro atoms. The van der Waals surface area contributed by atoms with Crippen LogP contribution in [0.4, 0.5) is 5.69 Å². The molecule has 0 aliphatic heterocycles. The van der Waals surface area contributed by atoms with E-state index >= 15 is 0 Å². The highest BCUT2D eigenvalue weighted by molar-refractivity contribution is 14.1. The number of rotatable bonds is 10. The van der Waals surface area contributed by atoms with Crippen molar-refractivity contribution in [1.82, 2.24) is 5.32 Å². The molecule has 0 bridgehead atoms. The lowest BCUT2D eigenvalue weighted by atomic mass is 10.1. The lowest BCUT2D eigenvalue weighted by Gasteiger charge is -2.21. The third kappa shape index (κ3) is 9.75. The van der Waals surface area contributed by atoms with E-state index in [9.17, 15) is 24.0 Å². The highest BCUT2D eigenvalue weighted by Crippen LogP contribution is 2.36. The summed E-state index contributed by atoms with van der Waals surface area (Å²) in [6.07, 6.45) is -0.895. The minimum Gasteiger partial charge on any atom is -0.462 e. The molecule has 0 aliphatic carbocycles. The number of carbonyl (C=O) groups is 5. The third-order valence-electron chi connectivity index (χ3n) is 3.65. The number of amides is 1. The molecule has 33 heavy (non-hydrogen) atoms. The normalized spacial score (nSPS) is 11.1. The first-order valence-electron chi connectivity index (χ1n) is 9.19. The van der Waals surface area contributed by atoms with Crippen LogP contribution in [-0.4, -0.2) is 49.0 Å². The maximum absolute atomic E-state index is 13.1. The summed E-state index contributed by atoms with van der Waals surface area (Å²) >= 11 is 5.89. The van der Waals surface area contributed by atoms with Gasteiger partial charge in [0.15, 0.2) is 6.10 Å². The van der Waals surface area contributed by atoms with Crippen molar-refractivity contribution in [3.63, 3.8) is 0 Å². The Morgan fingerprint density at radius 1 is 0.818 bits per heavy atom. The first kappa shape index (κ1) is 29.6. The molecule has 1 rings (SSSR count). The van der Waals surface area contributed by atoms with Crippen molar-refractivity contribution in [3.05, 3.63) is 21.8 Å². The van der Waals surface area contributed by atoms with Crippen LogP contribution in [0.15, 0.2) is 0 Å². The third-order valence-corrected chi connectivity index (χ3v) is 7.11. The summed E-state index contributed by atoms with van der Waals surface area (Å²) in [4.78, 5) is 63.0. The SMILES string of the molecule is CC(=O)OCc1c(I)c(NOC(C)=O)c(I)c(C(=O)NCC(COC(C)=O)OC(C)=O)c1I. The van der Waals surface area contributed by atoms with Crippen molar-refractivity contribution in [3.8, 4) is 0 Å². The van der Waals surface area contributed by atoms with Crippen molar-refractivity contribution in [2.24, 2.45) is 0 Å². The van der Waals surface area contributed by atoms with E-state index < -0.39 is 35.9 Å². The van der Waals surface area contributed by atoms with E-state index in [0.29, 0.717) is 22.0 Å². The molecule has 1 amide bonds. The van der Waals surface area contributed by atoms with E-state index in [1.54, 1.807) is 0 Å². The van der Waals surface area contributed by atoms with E-state index in [2.05, 4.69) is 10.8 Å². The van der Waals surface area contributed by atoms with Crippen LogP contribution in [-0.2, 0) is 44.8 Å². The zero-order chi connectivity index (χ0) is 25.3. The number of nitrogens with one attached hydrogen (secondary N) is 2. The van der Waals surface area contributed by atoms with Gasteiger partial charge in [-0.3, -0.25) is 24.0 Å². The molecular formula is C19H21I3N2O9. The van der Waals surface area contributed by atoms with Crippen LogP contribution in [0.5, 0.6) is 0 Å². The zero-order valence-corrected chi connectivity index (χ0v) is 24.5. The predicted octanol–water partition coefficient (Wildman–Crippen LogP) is 2.68. The van der Waals surface area contributed by atoms with E-state index in [1.165, 1.54) is 27.7 Å². The van der Waals surface area contributed by atoms with Gasteiger partial charge in [-0.25, -0.2) is 5.48 Å². The highest BCUT2D eigenvalue weighted by Gasteiger charge is 2.26. The standard InChI is InChI=1S/C19H21I3N2O9/c1-8(25)30-6-12(32-10(3)27)5-23-19(29)14-15(20)13(7-31-9(2)26)16(21)18(17(14)22)24-33-11(4)28/h12,24H,5-7H2,1-4H3,(H,23,29). The predicted molar refractivity (Wildman–Crippen MR) is 140 cm³/mol. The molecule has 182 valence electrons. The molecule has 1 aromatic rings. The minimum atomic E-state index is -0.895. The molecule has 1 unspecified atom stereocenters. The molecule has 1 aromatic carbocycles. The Labute approximate surface area is 230 Å². The summed E-state index contributed by atoms with van der Waals surface area (Å²) in [5, 5.41) is 2.65. The Balaban J connectivity index is 3.29. The van der Waals surface area contributed by atoms with E-state index in [1.807, 2.05) is 67.8 Å². The monoisotopic (exact) mass is 802 g/mol. The smallest absolute Gasteiger partial charge is 0.329 e. The fraction of sp³-hybridized carbons (Fsp3) is 0.421.